The molecule has 0 aliphatic heterocycles. The van der Waals surface area contributed by atoms with Crippen LogP contribution in [-0.4, -0.2) is 19.2 Å². The second-order valence-electron chi connectivity index (χ2n) is 3.77. The van der Waals surface area contributed by atoms with Crippen LogP contribution in [0.15, 0.2) is 36.4 Å². The summed E-state index contributed by atoms with van der Waals surface area (Å²) in [6, 6.07) is 3.72. The first kappa shape index (κ1) is 18.1. The predicted octanol–water partition coefficient (Wildman–Crippen LogP) is 3.44. The fourth-order valence-corrected chi connectivity index (χ4v) is 1.35. The topological polar surface area (TPSA) is 31.4 Å². The van der Waals surface area contributed by atoms with Gasteiger partial charge in [0.05, 0.1) is 14.2 Å². The van der Waals surface area contributed by atoms with Gasteiger partial charge in [-0.05, 0) is 5.56 Å². The van der Waals surface area contributed by atoms with Gasteiger partial charge in [0.15, 0.2) is 0 Å². The first-order valence-corrected chi connectivity index (χ1v) is 5.61. The van der Waals surface area contributed by atoms with Gasteiger partial charge in [-0.15, -0.1) is 5.57 Å². The van der Waals surface area contributed by atoms with E-state index >= 15 is 0 Å². The van der Waals surface area contributed by atoms with Crippen molar-refractivity contribution < 1.29 is 42.2 Å². The summed E-state index contributed by atoms with van der Waals surface area (Å²) in [5.74, 6) is 1.08. The third-order valence-electron chi connectivity index (χ3n) is 2.48. The van der Waals surface area contributed by atoms with Gasteiger partial charge < -0.3 is 9.47 Å². The summed E-state index contributed by atoms with van der Waals surface area (Å²) in [6.45, 7) is 7.61. The maximum atomic E-state index is 5.26. The normalized spacial score (nSPS) is 11.6. The molecule has 0 aliphatic carbocycles. The summed E-state index contributed by atoms with van der Waals surface area (Å²) in [5, 5.41) is 0. The monoisotopic (exact) mass is 333 g/mol. The third kappa shape index (κ3) is 5.29. The van der Waals surface area contributed by atoms with Gasteiger partial charge in [-0.25, -0.2) is 0 Å². The van der Waals surface area contributed by atoms with Gasteiger partial charge in [-0.3, -0.25) is 0 Å². The molecule has 0 aromatic carbocycles. The quantitative estimate of drug-likeness (QED) is 0.611. The van der Waals surface area contributed by atoms with Crippen LogP contribution >= 0.6 is 0 Å². The Morgan fingerprint density at radius 2 is 1.95 bits per heavy atom. The Morgan fingerprint density at radius 1 is 1.26 bits per heavy atom. The van der Waals surface area contributed by atoms with Crippen molar-refractivity contribution in [3.63, 3.8) is 0 Å². The summed E-state index contributed by atoms with van der Waals surface area (Å²) in [6.07, 6.45) is 6.78. The molecule has 4 heteroatoms. The Kier molecular flexibility index (Phi) is 8.61. The zero-order valence-corrected chi connectivity index (χ0v) is 14.7. The zero-order chi connectivity index (χ0) is 13.5. The van der Waals surface area contributed by atoms with Gasteiger partial charge in [0.25, 0.3) is 0 Å². The molecule has 0 saturated carbocycles. The molecule has 0 fully saturated rings. The van der Waals surface area contributed by atoms with E-state index in [1.54, 1.807) is 26.4 Å². The molecule has 99 valence electrons. The van der Waals surface area contributed by atoms with E-state index in [-0.39, 0.29) is 32.7 Å². The molecule has 1 radical (unpaired) electrons. The van der Waals surface area contributed by atoms with Crippen molar-refractivity contribution in [2.45, 2.75) is 13.8 Å². The van der Waals surface area contributed by atoms with Crippen LogP contribution in [0.1, 0.15) is 19.4 Å². The van der Waals surface area contributed by atoms with Crippen molar-refractivity contribution in [3.8, 4) is 11.8 Å². The summed E-state index contributed by atoms with van der Waals surface area (Å²) in [7, 11) is 3.17. The number of hydrogen-bond donors (Lipinski definition) is 0. The van der Waals surface area contributed by atoms with Crippen LogP contribution in [0.2, 0.25) is 0 Å². The van der Waals surface area contributed by atoms with E-state index in [1.807, 2.05) is 26.0 Å². The van der Waals surface area contributed by atoms with E-state index in [0.29, 0.717) is 11.8 Å². The van der Waals surface area contributed by atoms with Crippen molar-refractivity contribution in [1.82, 2.24) is 4.98 Å². The molecular weight excluding hydrogens is 315 g/mol. The van der Waals surface area contributed by atoms with Gasteiger partial charge in [0.2, 0.25) is 11.8 Å². The van der Waals surface area contributed by atoms with Gasteiger partial charge in [0, 0.05) is 38.8 Å². The second-order valence-corrected chi connectivity index (χ2v) is 3.77. The van der Waals surface area contributed by atoms with Crippen molar-refractivity contribution in [2.24, 2.45) is 0 Å². The van der Waals surface area contributed by atoms with Gasteiger partial charge >= 0.3 is 0 Å². The Bertz CT molecular complexity index is 493. The molecule has 0 unspecified atom stereocenters. The Hall–Kier alpha value is -0.926. The molecule has 0 spiro atoms. The minimum absolute atomic E-state index is 0. The molecule has 3 nitrogen and oxygen atoms in total. The fourth-order valence-electron chi connectivity index (χ4n) is 1.35. The Labute approximate surface area is 140 Å². The minimum Gasteiger partial charge on any atom is -0.481 e. The smallest absolute Gasteiger partial charge is 0.216 e. The largest absolute Gasteiger partial charge is 0.481 e. The average molecular weight is 333 g/mol. The number of methoxy groups -OCH3 is 2. The van der Waals surface area contributed by atoms with E-state index in [4.69, 9.17) is 9.47 Å². The predicted molar refractivity (Wildman–Crippen MR) is 73.6 cm³/mol. The first-order valence-electron chi connectivity index (χ1n) is 5.61. The molecule has 1 heterocycles. The van der Waals surface area contributed by atoms with Gasteiger partial charge in [-0.2, -0.15) is 35.4 Å². The minimum atomic E-state index is 0. The van der Waals surface area contributed by atoms with Crippen LogP contribution in [0.5, 0.6) is 11.8 Å². The summed E-state index contributed by atoms with van der Waals surface area (Å²) < 4.78 is 10.3. The molecule has 1 aromatic heterocycles. The molecule has 0 amide bonds. The van der Waals surface area contributed by atoms with Crippen LogP contribution in [-0.2, 0) is 32.7 Å². The molecule has 0 aliphatic rings. The number of ether oxygens (including phenoxy) is 2. The first-order chi connectivity index (χ1) is 8.62. The second kappa shape index (κ2) is 9.05. The summed E-state index contributed by atoms with van der Waals surface area (Å²) in [5.41, 5.74) is 2.92. The van der Waals surface area contributed by atoms with Gasteiger partial charge in [0.1, 0.15) is 0 Å². The summed E-state index contributed by atoms with van der Waals surface area (Å²) in [4.78, 5) is 4.24. The van der Waals surface area contributed by atoms with E-state index < -0.39 is 0 Å². The third-order valence-corrected chi connectivity index (χ3v) is 2.48. The van der Waals surface area contributed by atoms with Crippen LogP contribution in [0.25, 0.3) is 5.57 Å². The van der Waals surface area contributed by atoms with Crippen LogP contribution in [0.4, 0.5) is 0 Å². The van der Waals surface area contributed by atoms with E-state index in [9.17, 15) is 0 Å². The van der Waals surface area contributed by atoms with Crippen molar-refractivity contribution in [3.05, 3.63) is 48.1 Å². The van der Waals surface area contributed by atoms with E-state index in [1.165, 1.54) is 0 Å². The SMILES string of the molecule is C=CC(C)=[C-]/C=C(\C)c1ccc(OC)nc1OC.[Y]. The standard InChI is InChI=1S/C15H18NO2.Y/c1-6-11(2)7-8-12(3)13-9-10-14(17-4)16-15(13)18-5;/h6,8-10H,1H2,2-5H3;/q-1;/b12-8+;. The van der Waals surface area contributed by atoms with Crippen LogP contribution < -0.4 is 9.47 Å². The Morgan fingerprint density at radius 3 is 2.47 bits per heavy atom. The summed E-state index contributed by atoms with van der Waals surface area (Å²) >= 11 is 0. The average Bonchev–Trinajstić information content (AvgIpc) is 2.43. The maximum Gasteiger partial charge on any atom is 0.216 e. The molecule has 0 bridgehead atoms. The van der Waals surface area contributed by atoms with Crippen molar-refractivity contribution >= 4 is 5.57 Å². The fraction of sp³-hybridized carbons (Fsp3) is 0.267. The van der Waals surface area contributed by atoms with Crippen LogP contribution in [0.3, 0.4) is 0 Å². The maximum absolute atomic E-state index is 5.26. The number of rotatable bonds is 5. The van der Waals surface area contributed by atoms with Gasteiger partial charge in [-0.1, -0.05) is 19.9 Å². The molecule has 19 heavy (non-hydrogen) atoms. The number of aromatic nitrogens is 1. The number of hydrogen-bond acceptors (Lipinski definition) is 3. The van der Waals surface area contributed by atoms with E-state index in [0.717, 1.165) is 16.7 Å². The number of pyridine rings is 1. The molecule has 1 aromatic rings. The molecule has 0 N–H and O–H groups in total. The molecule has 0 saturated heterocycles. The van der Waals surface area contributed by atoms with Crippen molar-refractivity contribution in [1.29, 1.82) is 0 Å². The zero-order valence-electron chi connectivity index (χ0n) is 11.9. The van der Waals surface area contributed by atoms with Crippen molar-refractivity contribution in [2.75, 3.05) is 14.2 Å². The molecular formula is C15H18NO2Y-. The number of allylic oxidation sites excluding steroid dienone is 5. The van der Waals surface area contributed by atoms with Crippen LogP contribution in [0, 0.1) is 6.08 Å². The Balaban J connectivity index is 0.00000324. The van der Waals surface area contributed by atoms with E-state index in [2.05, 4.69) is 17.6 Å². The molecule has 1 rings (SSSR count). The molecule has 0 atom stereocenters. The number of nitrogens with zero attached hydrogens (tertiary/aromatic N) is 1.